The highest BCUT2D eigenvalue weighted by atomic mass is 127. The van der Waals surface area contributed by atoms with Crippen LogP contribution in [0, 0.1) is 10.6 Å². The van der Waals surface area contributed by atoms with Gasteiger partial charge in [-0.25, -0.2) is 9.13 Å². The minimum Gasteiger partial charge on any atom is -0.236 e. The number of nitrogens with zero attached hydrogens (tertiary/aromatic N) is 2. The average molecular weight is 265 g/mol. The molecule has 0 aliphatic heterocycles. The summed E-state index contributed by atoms with van der Waals surface area (Å²) in [6.07, 6.45) is 3.36. The molecule has 0 atom stereocenters. The normalized spacial score (nSPS) is 10.5. The molecule has 0 spiro atoms. The number of hydrogen-bond acceptors (Lipinski definition) is 0. The van der Waals surface area contributed by atoms with Crippen LogP contribution in [0.2, 0.25) is 0 Å². The molecule has 0 unspecified atom stereocenters. The minimum absolute atomic E-state index is 1.13. The molecule has 0 aliphatic rings. The fourth-order valence-electron chi connectivity index (χ4n) is 1.16. The van der Waals surface area contributed by atoms with Gasteiger partial charge < -0.3 is 0 Å². The van der Waals surface area contributed by atoms with Crippen molar-refractivity contribution in [3.05, 3.63) is 15.7 Å². The molecule has 1 heterocycles. The van der Waals surface area contributed by atoms with Crippen molar-refractivity contribution in [2.75, 3.05) is 0 Å². The summed E-state index contributed by atoms with van der Waals surface area (Å²) < 4.78 is 5.82. The van der Waals surface area contributed by atoms with Gasteiger partial charge in [0.15, 0.2) is 0 Å². The Morgan fingerprint density at radius 1 is 1.64 bits per heavy atom. The molecule has 0 bridgehead atoms. The largest absolute Gasteiger partial charge is 0.253 e. The standard InChI is InChI=1S/C8H14IN2/c1-4-5-11-7(2)10(3)6-8(11)9/h6H,4-5H2,1-3H3/q+1. The molecule has 0 amide bonds. The van der Waals surface area contributed by atoms with E-state index in [0.29, 0.717) is 0 Å². The SMILES string of the molecule is CCCn1c(I)c[n+](C)c1C. The van der Waals surface area contributed by atoms with Crippen LogP contribution in [-0.2, 0) is 13.6 Å². The highest BCUT2D eigenvalue weighted by Crippen LogP contribution is 2.06. The summed E-state index contributed by atoms with van der Waals surface area (Å²) in [7, 11) is 2.09. The van der Waals surface area contributed by atoms with Crippen LogP contribution >= 0.6 is 22.6 Å². The lowest BCUT2D eigenvalue weighted by Crippen LogP contribution is -2.29. The average Bonchev–Trinajstić information content (AvgIpc) is 2.17. The van der Waals surface area contributed by atoms with Gasteiger partial charge in [-0.05, 0) is 6.42 Å². The van der Waals surface area contributed by atoms with E-state index in [1.807, 2.05) is 0 Å². The van der Waals surface area contributed by atoms with Gasteiger partial charge in [-0.3, -0.25) is 0 Å². The number of imidazole rings is 1. The smallest absolute Gasteiger partial charge is 0.236 e. The number of rotatable bonds is 2. The number of aromatic nitrogens is 2. The topological polar surface area (TPSA) is 8.81 Å². The van der Waals surface area contributed by atoms with Crippen LogP contribution in [0.4, 0.5) is 0 Å². The maximum Gasteiger partial charge on any atom is 0.253 e. The Labute approximate surface area is 81.4 Å². The third-order valence-electron chi connectivity index (χ3n) is 1.91. The van der Waals surface area contributed by atoms with Gasteiger partial charge in [0, 0.05) is 29.5 Å². The van der Waals surface area contributed by atoms with Gasteiger partial charge in [-0.2, -0.15) is 0 Å². The molecule has 3 heteroatoms. The van der Waals surface area contributed by atoms with Crippen molar-refractivity contribution in [3.8, 4) is 0 Å². The molecule has 1 aromatic rings. The number of hydrogen-bond donors (Lipinski definition) is 0. The fourth-order valence-corrected chi connectivity index (χ4v) is 2.17. The van der Waals surface area contributed by atoms with Crippen LogP contribution in [-0.4, -0.2) is 4.57 Å². The van der Waals surface area contributed by atoms with Gasteiger partial charge in [0.1, 0.15) is 6.20 Å². The van der Waals surface area contributed by atoms with Crippen LogP contribution in [0.5, 0.6) is 0 Å². The van der Waals surface area contributed by atoms with Crippen LogP contribution in [0.25, 0.3) is 0 Å². The van der Waals surface area contributed by atoms with E-state index in [4.69, 9.17) is 0 Å². The van der Waals surface area contributed by atoms with Gasteiger partial charge >= 0.3 is 0 Å². The molecule has 62 valence electrons. The fraction of sp³-hybridized carbons (Fsp3) is 0.625. The van der Waals surface area contributed by atoms with Crippen molar-refractivity contribution >= 4 is 22.6 Å². The summed E-state index contributed by atoms with van der Waals surface area (Å²) in [6.45, 7) is 5.48. The first-order valence-corrected chi connectivity index (χ1v) is 4.96. The Bertz CT molecular complexity index is 253. The first-order valence-electron chi connectivity index (χ1n) is 3.88. The van der Waals surface area contributed by atoms with Gasteiger partial charge in [0.25, 0.3) is 5.82 Å². The molecule has 0 saturated heterocycles. The van der Waals surface area contributed by atoms with Gasteiger partial charge in [-0.1, -0.05) is 6.92 Å². The first-order chi connectivity index (χ1) is 5.16. The van der Waals surface area contributed by atoms with E-state index >= 15 is 0 Å². The number of aryl methyl sites for hydroxylation is 1. The summed E-state index contributed by atoms with van der Waals surface area (Å²) >= 11 is 2.37. The summed E-state index contributed by atoms with van der Waals surface area (Å²) in [5.74, 6) is 1.33. The van der Waals surface area contributed by atoms with Crippen molar-refractivity contribution < 1.29 is 4.57 Å². The van der Waals surface area contributed by atoms with Gasteiger partial charge in [0.05, 0.1) is 13.6 Å². The first kappa shape index (κ1) is 9.03. The second-order valence-electron chi connectivity index (χ2n) is 2.76. The Balaban J connectivity index is 3.02. The molecule has 0 radical (unpaired) electrons. The van der Waals surface area contributed by atoms with Gasteiger partial charge in [0.2, 0.25) is 3.70 Å². The summed E-state index contributed by atoms with van der Waals surface area (Å²) in [5, 5.41) is 0. The zero-order chi connectivity index (χ0) is 8.43. The lowest BCUT2D eigenvalue weighted by molar-refractivity contribution is -0.677. The predicted molar refractivity (Wildman–Crippen MR) is 53.4 cm³/mol. The molecule has 0 aliphatic carbocycles. The summed E-state index contributed by atoms with van der Waals surface area (Å²) in [4.78, 5) is 0. The summed E-state index contributed by atoms with van der Waals surface area (Å²) in [6, 6.07) is 0. The van der Waals surface area contributed by atoms with Crippen molar-refractivity contribution in [1.82, 2.24) is 4.57 Å². The maximum absolute atomic E-state index is 2.37. The van der Waals surface area contributed by atoms with Crippen molar-refractivity contribution in [2.45, 2.75) is 26.8 Å². The zero-order valence-corrected chi connectivity index (χ0v) is 9.42. The van der Waals surface area contributed by atoms with Crippen LogP contribution < -0.4 is 4.57 Å². The van der Waals surface area contributed by atoms with Crippen molar-refractivity contribution in [2.24, 2.45) is 7.05 Å². The molecule has 0 fully saturated rings. The molecule has 0 aromatic carbocycles. The Morgan fingerprint density at radius 2 is 2.27 bits per heavy atom. The highest BCUT2D eigenvalue weighted by molar-refractivity contribution is 14.1. The Hall–Kier alpha value is -0.0600. The predicted octanol–water partition coefficient (Wildman–Crippen LogP) is 1.64. The van der Waals surface area contributed by atoms with E-state index < -0.39 is 0 Å². The molecule has 2 nitrogen and oxygen atoms in total. The van der Waals surface area contributed by atoms with Crippen LogP contribution in [0.3, 0.4) is 0 Å². The third-order valence-corrected chi connectivity index (χ3v) is 2.77. The molecule has 0 saturated carbocycles. The Kier molecular flexibility index (Phi) is 2.92. The molecular formula is C8H14IN2+. The maximum atomic E-state index is 2.37. The lowest BCUT2D eigenvalue weighted by Gasteiger charge is -1.95. The quantitative estimate of drug-likeness (QED) is 0.567. The molecule has 1 aromatic heterocycles. The van der Waals surface area contributed by atoms with E-state index in [9.17, 15) is 0 Å². The number of halogens is 1. The molecule has 0 N–H and O–H groups in total. The van der Waals surface area contributed by atoms with E-state index in [-0.39, 0.29) is 0 Å². The second kappa shape index (κ2) is 3.56. The van der Waals surface area contributed by atoms with E-state index in [0.717, 1.165) is 6.54 Å². The molecule has 1 rings (SSSR count). The van der Waals surface area contributed by atoms with Crippen molar-refractivity contribution in [1.29, 1.82) is 0 Å². The second-order valence-corrected chi connectivity index (χ2v) is 3.87. The highest BCUT2D eigenvalue weighted by Gasteiger charge is 2.13. The summed E-state index contributed by atoms with van der Waals surface area (Å²) in [5.41, 5.74) is 0. The van der Waals surface area contributed by atoms with E-state index in [1.54, 1.807) is 0 Å². The van der Waals surface area contributed by atoms with E-state index in [2.05, 4.69) is 58.8 Å². The minimum atomic E-state index is 1.13. The van der Waals surface area contributed by atoms with Crippen LogP contribution in [0.1, 0.15) is 19.2 Å². The monoisotopic (exact) mass is 265 g/mol. The van der Waals surface area contributed by atoms with E-state index in [1.165, 1.54) is 15.9 Å². The van der Waals surface area contributed by atoms with Gasteiger partial charge in [-0.15, -0.1) is 0 Å². The molecule has 11 heavy (non-hydrogen) atoms. The molecular weight excluding hydrogens is 251 g/mol. The third kappa shape index (κ3) is 1.75. The zero-order valence-electron chi connectivity index (χ0n) is 7.26. The lowest BCUT2D eigenvalue weighted by atomic mass is 10.5. The Morgan fingerprint density at radius 3 is 2.64 bits per heavy atom. The van der Waals surface area contributed by atoms with Crippen LogP contribution in [0.15, 0.2) is 6.20 Å². The van der Waals surface area contributed by atoms with Crippen molar-refractivity contribution in [3.63, 3.8) is 0 Å².